The molecule has 0 bridgehead atoms. The van der Waals surface area contributed by atoms with Crippen molar-refractivity contribution in [3.05, 3.63) is 41.0 Å². The van der Waals surface area contributed by atoms with Crippen molar-refractivity contribution in [2.75, 3.05) is 5.32 Å². The van der Waals surface area contributed by atoms with Gasteiger partial charge in [-0.1, -0.05) is 18.2 Å². The Bertz CT molecular complexity index is 548. The first kappa shape index (κ1) is 11.3. The molecule has 0 saturated heterocycles. The topological polar surface area (TPSA) is 52.2 Å². The van der Waals surface area contributed by atoms with Crippen molar-refractivity contribution in [3.63, 3.8) is 0 Å². The summed E-state index contributed by atoms with van der Waals surface area (Å²) >= 11 is 0. The number of carbonyl (C=O) groups is 1. The zero-order valence-corrected chi connectivity index (χ0v) is 10.6. The summed E-state index contributed by atoms with van der Waals surface area (Å²) in [6, 6.07) is 3.60. The third-order valence-electron chi connectivity index (χ3n) is 4.07. The van der Waals surface area contributed by atoms with Crippen LogP contribution in [0.15, 0.2) is 24.3 Å². The number of carboxylic acids is 1. The molecule has 1 aromatic rings. The molecule has 3 rings (SSSR count). The number of nitrogens with one attached hydrogen (secondary N) is 1. The van der Waals surface area contributed by atoms with Crippen LogP contribution >= 0.6 is 0 Å². The van der Waals surface area contributed by atoms with Crippen LogP contribution in [0.3, 0.4) is 0 Å². The van der Waals surface area contributed by atoms with Crippen LogP contribution in [0.1, 0.15) is 29.0 Å². The molecule has 3 nitrogen and oxygen atoms in total. The van der Waals surface area contributed by atoms with Gasteiger partial charge < -0.3 is 15.2 Å². The molecule has 1 aromatic carbocycles. The van der Waals surface area contributed by atoms with Gasteiger partial charge in [0.2, 0.25) is 0 Å². The van der Waals surface area contributed by atoms with E-state index in [0.717, 1.165) is 17.7 Å². The van der Waals surface area contributed by atoms with Gasteiger partial charge in [-0.2, -0.15) is 0 Å². The van der Waals surface area contributed by atoms with Crippen LogP contribution in [0.25, 0.3) is 0 Å². The molecule has 18 heavy (non-hydrogen) atoms. The molecule has 0 aromatic heterocycles. The molecule has 0 saturated carbocycles. The first-order valence-corrected chi connectivity index (χ1v) is 6.33. The number of aliphatic carboxylic acids is 1. The predicted molar refractivity (Wildman–Crippen MR) is 68.3 cm³/mol. The number of carboxylic acid groups (broad SMARTS) is 1. The van der Waals surface area contributed by atoms with Crippen LogP contribution in [0.5, 0.6) is 0 Å². The highest BCUT2D eigenvalue weighted by molar-refractivity contribution is 5.79. The smallest absolute Gasteiger partial charge is 0.0698 e. The molecule has 0 fully saturated rings. The van der Waals surface area contributed by atoms with Crippen LogP contribution in [-0.2, 0) is 4.79 Å². The molecule has 0 amide bonds. The van der Waals surface area contributed by atoms with E-state index in [2.05, 4.69) is 30.5 Å². The van der Waals surface area contributed by atoms with Crippen LogP contribution in [0.2, 0.25) is 0 Å². The number of anilines is 1. The van der Waals surface area contributed by atoms with Gasteiger partial charge in [0.1, 0.15) is 0 Å². The molecular formula is C15H16NO2-. The molecule has 0 spiro atoms. The van der Waals surface area contributed by atoms with Gasteiger partial charge >= 0.3 is 0 Å². The summed E-state index contributed by atoms with van der Waals surface area (Å²) in [6.07, 6.45) is 5.03. The lowest BCUT2D eigenvalue weighted by Gasteiger charge is -2.38. The number of hydrogen-bond acceptors (Lipinski definition) is 3. The normalized spacial score (nSPS) is 28.4. The van der Waals surface area contributed by atoms with E-state index in [1.165, 1.54) is 11.1 Å². The number of fused-ring (bicyclic) bond motifs is 3. The lowest BCUT2D eigenvalue weighted by molar-refractivity contribution is -0.308. The Balaban J connectivity index is 2.14. The monoisotopic (exact) mass is 242 g/mol. The fourth-order valence-corrected chi connectivity index (χ4v) is 3.37. The zero-order chi connectivity index (χ0) is 12.9. The Morgan fingerprint density at radius 3 is 2.89 bits per heavy atom. The molecule has 2 aliphatic rings. The second-order valence-corrected chi connectivity index (χ2v) is 5.34. The molecule has 0 unspecified atom stereocenters. The van der Waals surface area contributed by atoms with Gasteiger partial charge in [-0.15, -0.1) is 0 Å². The highest BCUT2D eigenvalue weighted by atomic mass is 16.4. The first-order valence-electron chi connectivity index (χ1n) is 6.33. The molecule has 3 heteroatoms. The van der Waals surface area contributed by atoms with Gasteiger partial charge in [-0.25, -0.2) is 0 Å². The molecule has 1 heterocycles. The summed E-state index contributed by atoms with van der Waals surface area (Å²) in [6.45, 7) is 4.12. The van der Waals surface area contributed by atoms with Crippen molar-refractivity contribution in [2.45, 2.75) is 32.2 Å². The third kappa shape index (κ3) is 1.54. The van der Waals surface area contributed by atoms with Gasteiger partial charge in [0, 0.05) is 11.6 Å². The highest BCUT2D eigenvalue weighted by Crippen LogP contribution is 2.46. The largest absolute Gasteiger partial charge is 0.548 e. The lowest BCUT2D eigenvalue weighted by atomic mass is 9.77. The van der Waals surface area contributed by atoms with E-state index >= 15 is 0 Å². The SMILES string of the molecule is Cc1cc(C)c2c(c1)N[C@H](C(=O)[O-])[C@H]1CC=C[C@H]21. The Morgan fingerprint density at radius 2 is 2.17 bits per heavy atom. The van der Waals surface area contributed by atoms with Gasteiger partial charge in [0.25, 0.3) is 0 Å². The Morgan fingerprint density at radius 1 is 1.39 bits per heavy atom. The Hall–Kier alpha value is -1.77. The maximum absolute atomic E-state index is 11.3. The summed E-state index contributed by atoms with van der Waals surface area (Å²) in [5.74, 6) is -0.702. The minimum Gasteiger partial charge on any atom is -0.548 e. The Labute approximate surface area is 107 Å². The van der Waals surface area contributed by atoms with Crippen molar-refractivity contribution in [1.29, 1.82) is 0 Å². The molecular weight excluding hydrogens is 226 g/mol. The van der Waals surface area contributed by atoms with Crippen molar-refractivity contribution in [1.82, 2.24) is 0 Å². The maximum atomic E-state index is 11.3. The number of allylic oxidation sites excluding steroid dienone is 2. The van der Waals surface area contributed by atoms with Crippen molar-refractivity contribution in [2.24, 2.45) is 5.92 Å². The van der Waals surface area contributed by atoms with Crippen LogP contribution in [-0.4, -0.2) is 12.0 Å². The molecule has 1 N–H and O–H groups in total. The van der Waals surface area contributed by atoms with Gasteiger partial charge in [-0.05, 0) is 48.9 Å². The van der Waals surface area contributed by atoms with Crippen LogP contribution < -0.4 is 10.4 Å². The molecule has 1 aliphatic heterocycles. The number of hydrogen-bond donors (Lipinski definition) is 1. The van der Waals surface area contributed by atoms with Gasteiger partial charge in [0.15, 0.2) is 0 Å². The average molecular weight is 242 g/mol. The van der Waals surface area contributed by atoms with Crippen LogP contribution in [0.4, 0.5) is 5.69 Å². The number of aryl methyl sites for hydroxylation is 2. The molecule has 94 valence electrons. The fraction of sp³-hybridized carbons (Fsp3) is 0.400. The molecule has 0 radical (unpaired) electrons. The summed E-state index contributed by atoms with van der Waals surface area (Å²) in [4.78, 5) is 11.3. The summed E-state index contributed by atoms with van der Waals surface area (Å²) in [5.41, 5.74) is 4.58. The lowest BCUT2D eigenvalue weighted by Crippen LogP contribution is -2.49. The number of benzene rings is 1. The van der Waals surface area contributed by atoms with Crippen LogP contribution in [0, 0.1) is 19.8 Å². The Kier molecular flexibility index (Phi) is 2.44. The quantitative estimate of drug-likeness (QED) is 0.759. The molecule has 3 atom stereocenters. The number of carbonyl (C=O) groups excluding carboxylic acids is 1. The predicted octanol–water partition coefficient (Wildman–Crippen LogP) is 1.51. The van der Waals surface area contributed by atoms with E-state index in [9.17, 15) is 9.90 Å². The fourth-order valence-electron chi connectivity index (χ4n) is 3.37. The minimum atomic E-state index is -1.00. The van der Waals surface area contributed by atoms with E-state index in [4.69, 9.17) is 0 Å². The van der Waals surface area contributed by atoms with E-state index in [-0.39, 0.29) is 11.8 Å². The first-order chi connectivity index (χ1) is 8.58. The average Bonchev–Trinajstić information content (AvgIpc) is 2.75. The standard InChI is InChI=1S/C15H17NO2/c1-8-6-9(2)13-10-4-3-5-11(10)14(15(17)18)16-12(13)7-8/h3-4,6-7,10-11,14,16H,5H2,1-2H3,(H,17,18)/p-1/t10-,11-,14-/m0/s1. The zero-order valence-electron chi connectivity index (χ0n) is 10.6. The van der Waals surface area contributed by atoms with Crippen molar-refractivity contribution < 1.29 is 9.90 Å². The second-order valence-electron chi connectivity index (χ2n) is 5.34. The summed E-state index contributed by atoms with van der Waals surface area (Å²) in [7, 11) is 0. The highest BCUT2D eigenvalue weighted by Gasteiger charge is 2.38. The van der Waals surface area contributed by atoms with E-state index < -0.39 is 12.0 Å². The number of rotatable bonds is 1. The molecule has 1 aliphatic carbocycles. The van der Waals surface area contributed by atoms with E-state index in [1.54, 1.807) is 0 Å². The maximum Gasteiger partial charge on any atom is 0.0698 e. The van der Waals surface area contributed by atoms with Crippen molar-refractivity contribution in [3.8, 4) is 0 Å². The summed E-state index contributed by atoms with van der Waals surface area (Å²) in [5, 5.41) is 14.4. The third-order valence-corrected chi connectivity index (χ3v) is 4.07. The van der Waals surface area contributed by atoms with Gasteiger partial charge in [0.05, 0.1) is 12.0 Å². The second kappa shape index (κ2) is 3.87. The van der Waals surface area contributed by atoms with Crippen molar-refractivity contribution >= 4 is 11.7 Å². The van der Waals surface area contributed by atoms with E-state index in [1.807, 2.05) is 13.0 Å². The summed E-state index contributed by atoms with van der Waals surface area (Å²) < 4.78 is 0. The minimum absolute atomic E-state index is 0.0870. The van der Waals surface area contributed by atoms with Gasteiger partial charge in [-0.3, -0.25) is 0 Å². The van der Waals surface area contributed by atoms with E-state index in [0.29, 0.717) is 0 Å².